The quantitative estimate of drug-likeness (QED) is 0.0289. The number of carbonyl (C=O) groups is 3. The number of allylic oxidation sites excluding steroid dienone is 8. The number of ether oxygens (including phenoxy) is 3. The molecular formula is C46H82NO7+. The zero-order valence-electron chi connectivity index (χ0n) is 35.4. The lowest BCUT2D eigenvalue weighted by atomic mass is 10.1. The molecule has 1 N–H and O–H groups in total. The van der Waals surface area contributed by atoms with Gasteiger partial charge in [0.2, 0.25) is 0 Å². The minimum absolute atomic E-state index is 0.0516. The fraction of sp³-hybridized carbons (Fsp3) is 0.761. The molecule has 0 rings (SSSR count). The molecule has 0 aliphatic rings. The van der Waals surface area contributed by atoms with E-state index < -0.39 is 18.1 Å². The number of carboxylic acid groups (broad SMARTS) is 1. The van der Waals surface area contributed by atoms with E-state index in [1.54, 1.807) is 0 Å². The standard InChI is InChI=1S/C46H81NO7/c1-6-8-10-12-14-16-18-20-22-24-26-28-30-32-34-36-44(48)53-41-42(40-52-39-38-43(46(50)51)47(3,4)5)54-45(49)37-35-33-31-29-27-25-23-21-19-17-15-13-11-9-7-2/h14-21,42-43H,6-13,22-41H2,1-5H3/p+1/b16-14+,17-15+,20-18+,21-19+. The lowest BCUT2D eigenvalue weighted by Gasteiger charge is -2.31. The molecule has 54 heavy (non-hydrogen) atoms. The van der Waals surface area contributed by atoms with Crippen LogP contribution in [0.1, 0.15) is 174 Å². The molecule has 0 fully saturated rings. The molecule has 0 radical (unpaired) electrons. The number of aliphatic carboxylic acids is 1. The van der Waals surface area contributed by atoms with Crippen LogP contribution in [0.25, 0.3) is 0 Å². The molecule has 0 saturated carbocycles. The van der Waals surface area contributed by atoms with Crippen molar-refractivity contribution in [2.45, 2.75) is 187 Å². The lowest BCUT2D eigenvalue weighted by Crippen LogP contribution is -2.50. The van der Waals surface area contributed by atoms with Gasteiger partial charge in [-0.15, -0.1) is 0 Å². The summed E-state index contributed by atoms with van der Waals surface area (Å²) in [6.07, 6.45) is 42.8. The van der Waals surface area contributed by atoms with Crippen LogP contribution < -0.4 is 0 Å². The molecule has 312 valence electrons. The van der Waals surface area contributed by atoms with E-state index in [9.17, 15) is 19.5 Å². The monoisotopic (exact) mass is 761 g/mol. The van der Waals surface area contributed by atoms with E-state index in [1.165, 1.54) is 70.6 Å². The average Bonchev–Trinajstić information content (AvgIpc) is 3.12. The predicted octanol–water partition coefficient (Wildman–Crippen LogP) is 11.6. The Hall–Kier alpha value is -2.71. The van der Waals surface area contributed by atoms with Crippen molar-refractivity contribution in [2.24, 2.45) is 0 Å². The van der Waals surface area contributed by atoms with Gasteiger partial charge in [0.25, 0.3) is 0 Å². The SMILES string of the molecule is CCCCC/C=C/C=C/CCCCCCCCC(=O)OCC(COCCC(C(=O)O)[N+](C)(C)C)OC(=O)CCCCCCCC/C=C/C=C/CCCCC. The molecule has 2 unspecified atom stereocenters. The number of nitrogens with zero attached hydrogens (tertiary/aromatic N) is 1. The molecule has 0 aromatic heterocycles. The van der Waals surface area contributed by atoms with Gasteiger partial charge >= 0.3 is 17.9 Å². The van der Waals surface area contributed by atoms with Crippen LogP contribution in [0.15, 0.2) is 48.6 Å². The molecule has 0 heterocycles. The Bertz CT molecular complexity index is 1030. The van der Waals surface area contributed by atoms with Gasteiger partial charge in [-0.3, -0.25) is 9.59 Å². The third-order valence-electron chi connectivity index (χ3n) is 9.51. The molecule has 8 nitrogen and oxygen atoms in total. The van der Waals surface area contributed by atoms with E-state index in [0.717, 1.165) is 70.6 Å². The number of likely N-dealkylation sites (N-methyl/N-ethyl adjacent to an activating group) is 1. The number of rotatable bonds is 38. The van der Waals surface area contributed by atoms with Crippen LogP contribution in [0.3, 0.4) is 0 Å². The number of hydrogen-bond donors (Lipinski definition) is 1. The Morgan fingerprint density at radius 3 is 1.39 bits per heavy atom. The largest absolute Gasteiger partial charge is 0.477 e. The van der Waals surface area contributed by atoms with Gasteiger partial charge in [-0.2, -0.15) is 0 Å². The first kappa shape index (κ1) is 51.3. The molecule has 2 atom stereocenters. The second kappa shape index (κ2) is 37.2. The summed E-state index contributed by atoms with van der Waals surface area (Å²) in [5.41, 5.74) is 0. The summed E-state index contributed by atoms with van der Waals surface area (Å²) in [4.78, 5) is 36.9. The van der Waals surface area contributed by atoms with Crippen molar-refractivity contribution < 1.29 is 38.2 Å². The number of carboxylic acids is 1. The van der Waals surface area contributed by atoms with Gasteiger partial charge in [-0.05, 0) is 64.2 Å². The highest BCUT2D eigenvalue weighted by atomic mass is 16.6. The van der Waals surface area contributed by atoms with Crippen LogP contribution in [-0.4, -0.2) is 80.6 Å². The maximum atomic E-state index is 12.7. The summed E-state index contributed by atoms with van der Waals surface area (Å²) in [5.74, 6) is -1.50. The molecule has 0 bridgehead atoms. The molecule has 8 heteroatoms. The van der Waals surface area contributed by atoms with Gasteiger partial charge in [0.05, 0.1) is 34.4 Å². The number of hydrogen-bond acceptors (Lipinski definition) is 6. The highest BCUT2D eigenvalue weighted by Crippen LogP contribution is 2.13. The highest BCUT2D eigenvalue weighted by Gasteiger charge is 2.31. The van der Waals surface area contributed by atoms with E-state index in [1.807, 2.05) is 21.1 Å². The predicted molar refractivity (Wildman–Crippen MR) is 224 cm³/mol. The van der Waals surface area contributed by atoms with Crippen molar-refractivity contribution in [2.75, 3.05) is 41.0 Å². The van der Waals surface area contributed by atoms with Crippen molar-refractivity contribution >= 4 is 17.9 Å². The third kappa shape index (κ3) is 35.0. The zero-order chi connectivity index (χ0) is 40.0. The fourth-order valence-corrected chi connectivity index (χ4v) is 6.07. The van der Waals surface area contributed by atoms with Crippen molar-refractivity contribution in [3.63, 3.8) is 0 Å². The first-order chi connectivity index (χ1) is 26.1. The zero-order valence-corrected chi connectivity index (χ0v) is 35.4. The maximum absolute atomic E-state index is 12.7. The Balaban J connectivity index is 4.40. The molecule has 0 aliphatic carbocycles. The van der Waals surface area contributed by atoms with Crippen molar-refractivity contribution in [3.05, 3.63) is 48.6 Å². The smallest absolute Gasteiger partial charge is 0.362 e. The third-order valence-corrected chi connectivity index (χ3v) is 9.51. The molecule has 0 saturated heterocycles. The van der Waals surface area contributed by atoms with Crippen LogP contribution in [0.2, 0.25) is 0 Å². The molecule has 0 amide bonds. The van der Waals surface area contributed by atoms with Crippen molar-refractivity contribution in [1.29, 1.82) is 0 Å². The van der Waals surface area contributed by atoms with Gasteiger partial charge in [0.15, 0.2) is 12.1 Å². The maximum Gasteiger partial charge on any atom is 0.362 e. The topological polar surface area (TPSA) is 99.1 Å². The Kier molecular flexibility index (Phi) is 35.4. The Morgan fingerprint density at radius 1 is 0.556 bits per heavy atom. The van der Waals surface area contributed by atoms with Crippen LogP contribution in [0.4, 0.5) is 0 Å². The normalized spacial score (nSPS) is 13.4. The van der Waals surface area contributed by atoms with Gasteiger partial charge < -0.3 is 23.8 Å². The van der Waals surface area contributed by atoms with Gasteiger partial charge in [0.1, 0.15) is 6.61 Å². The fourth-order valence-electron chi connectivity index (χ4n) is 6.07. The lowest BCUT2D eigenvalue weighted by molar-refractivity contribution is -0.887. The summed E-state index contributed by atoms with van der Waals surface area (Å²) in [5, 5.41) is 9.61. The van der Waals surface area contributed by atoms with E-state index in [2.05, 4.69) is 62.5 Å². The molecule has 0 aliphatic heterocycles. The minimum Gasteiger partial charge on any atom is -0.477 e. The summed E-state index contributed by atoms with van der Waals surface area (Å²) < 4.78 is 17.2. The van der Waals surface area contributed by atoms with E-state index in [0.29, 0.717) is 19.3 Å². The van der Waals surface area contributed by atoms with E-state index in [4.69, 9.17) is 14.2 Å². The number of carbonyl (C=O) groups excluding carboxylic acids is 2. The summed E-state index contributed by atoms with van der Waals surface area (Å²) >= 11 is 0. The second-order valence-corrected chi connectivity index (χ2v) is 15.7. The van der Waals surface area contributed by atoms with Crippen LogP contribution in [-0.2, 0) is 28.6 Å². The van der Waals surface area contributed by atoms with Gasteiger partial charge in [-0.25, -0.2) is 4.79 Å². The average molecular weight is 761 g/mol. The number of quaternary nitrogens is 1. The number of unbranched alkanes of at least 4 members (excludes halogenated alkanes) is 18. The highest BCUT2D eigenvalue weighted by molar-refractivity contribution is 5.72. The van der Waals surface area contributed by atoms with Crippen molar-refractivity contribution in [1.82, 2.24) is 0 Å². The summed E-state index contributed by atoms with van der Waals surface area (Å²) in [7, 11) is 5.51. The van der Waals surface area contributed by atoms with Crippen LogP contribution in [0, 0.1) is 0 Å². The van der Waals surface area contributed by atoms with E-state index >= 15 is 0 Å². The Labute approximate surface area is 331 Å². The first-order valence-corrected chi connectivity index (χ1v) is 21.7. The molecule has 0 aromatic carbocycles. The second-order valence-electron chi connectivity index (χ2n) is 15.7. The molecular weight excluding hydrogens is 679 g/mol. The minimum atomic E-state index is -0.880. The first-order valence-electron chi connectivity index (χ1n) is 21.7. The summed E-state index contributed by atoms with van der Waals surface area (Å²) in [6.45, 7) is 4.64. The van der Waals surface area contributed by atoms with Crippen LogP contribution in [0.5, 0.6) is 0 Å². The van der Waals surface area contributed by atoms with Crippen molar-refractivity contribution in [3.8, 4) is 0 Å². The van der Waals surface area contributed by atoms with Gasteiger partial charge in [-0.1, -0.05) is 140 Å². The number of esters is 2. The van der Waals surface area contributed by atoms with E-state index in [-0.39, 0.29) is 36.2 Å². The Morgan fingerprint density at radius 2 is 0.963 bits per heavy atom. The molecule has 0 spiro atoms. The molecule has 0 aromatic rings. The summed E-state index contributed by atoms with van der Waals surface area (Å²) in [6, 6.07) is -0.619. The van der Waals surface area contributed by atoms with Gasteiger partial charge in [0, 0.05) is 19.3 Å². The van der Waals surface area contributed by atoms with Crippen LogP contribution >= 0.6 is 0 Å².